The predicted molar refractivity (Wildman–Crippen MR) is 91.7 cm³/mol. The summed E-state index contributed by atoms with van der Waals surface area (Å²) in [5, 5.41) is 10.4. The first-order valence-electron chi connectivity index (χ1n) is 7.92. The maximum atomic E-state index is 9.73. The lowest BCUT2D eigenvalue weighted by molar-refractivity contribution is 0.0291. The van der Waals surface area contributed by atoms with E-state index >= 15 is 0 Å². The summed E-state index contributed by atoms with van der Waals surface area (Å²) < 4.78 is 5.80. The number of rotatable bonds is 7. The van der Waals surface area contributed by atoms with Crippen molar-refractivity contribution in [3.8, 4) is 5.75 Å². The van der Waals surface area contributed by atoms with Crippen LogP contribution in [0.3, 0.4) is 0 Å². The van der Waals surface area contributed by atoms with Crippen LogP contribution >= 0.6 is 11.6 Å². The number of benzene rings is 1. The molecule has 0 radical (unpaired) electrons. The third-order valence-corrected chi connectivity index (χ3v) is 4.70. The molecule has 0 spiro atoms. The maximum Gasteiger partial charge on any atom is 0.137 e. The van der Waals surface area contributed by atoms with Crippen molar-refractivity contribution in [3.63, 3.8) is 0 Å². The SMILES string of the molecule is C=CC[C@@]1(CO)CCCN(CCOc2ccc(C)cc2Cl)C1. The van der Waals surface area contributed by atoms with Crippen LogP contribution in [-0.4, -0.2) is 42.9 Å². The molecule has 0 aliphatic carbocycles. The standard InChI is InChI=1S/C18H26ClNO2/c1-3-7-18(14-21)8-4-9-20(13-18)10-11-22-17-6-5-15(2)12-16(17)19/h3,5-6,12,21H,1,4,7-11,13-14H2,2H3/t18-/m1/s1. The Balaban J connectivity index is 1.84. The zero-order valence-corrected chi connectivity index (χ0v) is 14.1. The normalized spacial score (nSPS) is 22.5. The Morgan fingerprint density at radius 2 is 2.32 bits per heavy atom. The van der Waals surface area contributed by atoms with Crippen molar-refractivity contribution in [2.24, 2.45) is 5.41 Å². The molecule has 4 heteroatoms. The summed E-state index contributed by atoms with van der Waals surface area (Å²) in [6, 6.07) is 5.84. The van der Waals surface area contributed by atoms with Crippen LogP contribution in [0.25, 0.3) is 0 Å². The molecule has 0 saturated carbocycles. The Bertz CT molecular complexity index is 506. The van der Waals surface area contributed by atoms with E-state index in [1.54, 1.807) is 0 Å². The van der Waals surface area contributed by atoms with Gasteiger partial charge < -0.3 is 9.84 Å². The van der Waals surface area contributed by atoms with Gasteiger partial charge in [-0.25, -0.2) is 0 Å². The highest BCUT2D eigenvalue weighted by atomic mass is 35.5. The molecule has 1 fully saturated rings. The van der Waals surface area contributed by atoms with Crippen LogP contribution in [0.15, 0.2) is 30.9 Å². The van der Waals surface area contributed by atoms with Crippen LogP contribution in [0.5, 0.6) is 5.75 Å². The third kappa shape index (κ3) is 4.48. The second kappa shape index (κ2) is 8.00. The Labute approximate surface area is 138 Å². The molecule has 122 valence electrons. The van der Waals surface area contributed by atoms with Gasteiger partial charge in [0.1, 0.15) is 12.4 Å². The quantitative estimate of drug-likeness (QED) is 0.777. The highest BCUT2D eigenvalue weighted by Crippen LogP contribution is 2.33. The number of hydrogen-bond donors (Lipinski definition) is 1. The van der Waals surface area contributed by atoms with Gasteiger partial charge in [0.15, 0.2) is 0 Å². The van der Waals surface area contributed by atoms with Gasteiger partial charge in [-0.1, -0.05) is 23.7 Å². The number of allylic oxidation sites excluding steroid dienone is 1. The Kier molecular flexibility index (Phi) is 6.30. The monoisotopic (exact) mass is 323 g/mol. The van der Waals surface area contributed by atoms with Gasteiger partial charge >= 0.3 is 0 Å². The van der Waals surface area contributed by atoms with Crippen molar-refractivity contribution in [1.29, 1.82) is 0 Å². The second-order valence-corrected chi connectivity index (χ2v) is 6.72. The minimum Gasteiger partial charge on any atom is -0.491 e. The molecule has 0 aromatic heterocycles. The topological polar surface area (TPSA) is 32.7 Å². The summed E-state index contributed by atoms with van der Waals surface area (Å²) in [7, 11) is 0. The maximum absolute atomic E-state index is 9.73. The predicted octanol–water partition coefficient (Wildman–Crippen LogP) is 3.68. The van der Waals surface area contributed by atoms with Crippen molar-refractivity contribution in [2.75, 3.05) is 32.8 Å². The zero-order chi connectivity index (χ0) is 16.0. The van der Waals surface area contributed by atoms with E-state index in [2.05, 4.69) is 11.5 Å². The number of likely N-dealkylation sites (tertiary alicyclic amines) is 1. The lowest BCUT2D eigenvalue weighted by Gasteiger charge is -2.41. The number of aliphatic hydroxyl groups excluding tert-OH is 1. The Hall–Kier alpha value is -1.03. The fourth-order valence-electron chi connectivity index (χ4n) is 3.18. The number of aryl methyl sites for hydroxylation is 1. The molecule has 2 rings (SSSR count). The largest absolute Gasteiger partial charge is 0.491 e. The number of hydrogen-bond acceptors (Lipinski definition) is 3. The van der Waals surface area contributed by atoms with E-state index in [1.165, 1.54) is 0 Å². The van der Waals surface area contributed by atoms with E-state index in [9.17, 15) is 5.11 Å². The first-order valence-corrected chi connectivity index (χ1v) is 8.29. The van der Waals surface area contributed by atoms with Gasteiger partial charge in [-0.05, 0) is 50.4 Å². The van der Waals surface area contributed by atoms with Crippen molar-refractivity contribution in [1.82, 2.24) is 4.90 Å². The summed E-state index contributed by atoms with van der Waals surface area (Å²) >= 11 is 6.18. The van der Waals surface area contributed by atoms with E-state index in [1.807, 2.05) is 31.2 Å². The van der Waals surface area contributed by atoms with Crippen LogP contribution in [0.2, 0.25) is 5.02 Å². The van der Waals surface area contributed by atoms with Gasteiger partial charge in [0.05, 0.1) is 11.6 Å². The van der Waals surface area contributed by atoms with Crippen LogP contribution in [0.1, 0.15) is 24.8 Å². The lowest BCUT2D eigenvalue weighted by atomic mass is 9.78. The molecular weight excluding hydrogens is 298 g/mol. The van der Waals surface area contributed by atoms with Gasteiger partial charge in [-0.2, -0.15) is 0 Å². The summed E-state index contributed by atoms with van der Waals surface area (Å²) in [5.41, 5.74) is 1.10. The number of aliphatic hydroxyl groups is 1. The van der Waals surface area contributed by atoms with Gasteiger partial charge in [0, 0.05) is 18.5 Å². The minimum atomic E-state index is -0.0263. The fraction of sp³-hybridized carbons (Fsp3) is 0.556. The van der Waals surface area contributed by atoms with Gasteiger partial charge in [-0.3, -0.25) is 4.90 Å². The highest BCUT2D eigenvalue weighted by molar-refractivity contribution is 6.32. The molecular formula is C18H26ClNO2. The number of piperidine rings is 1. The van der Waals surface area contributed by atoms with E-state index < -0.39 is 0 Å². The first-order chi connectivity index (χ1) is 10.6. The van der Waals surface area contributed by atoms with Crippen molar-refractivity contribution in [2.45, 2.75) is 26.2 Å². The molecule has 1 aliphatic rings. The molecule has 3 nitrogen and oxygen atoms in total. The van der Waals surface area contributed by atoms with Crippen molar-refractivity contribution < 1.29 is 9.84 Å². The Morgan fingerprint density at radius 1 is 1.50 bits per heavy atom. The molecule has 22 heavy (non-hydrogen) atoms. The van der Waals surface area contributed by atoms with Gasteiger partial charge in [0.25, 0.3) is 0 Å². The molecule has 1 atom stereocenters. The smallest absolute Gasteiger partial charge is 0.137 e. The van der Waals surface area contributed by atoms with Crippen molar-refractivity contribution >= 4 is 11.6 Å². The molecule has 1 aliphatic heterocycles. The fourth-order valence-corrected chi connectivity index (χ4v) is 3.46. The third-order valence-electron chi connectivity index (χ3n) is 4.41. The summed E-state index contributed by atoms with van der Waals surface area (Å²) in [6.45, 7) is 9.48. The number of nitrogens with zero attached hydrogens (tertiary/aromatic N) is 1. The first kappa shape index (κ1) is 17.3. The van der Waals surface area contributed by atoms with Crippen LogP contribution in [-0.2, 0) is 0 Å². The minimum absolute atomic E-state index is 0.0263. The molecule has 1 heterocycles. The lowest BCUT2D eigenvalue weighted by Crippen LogP contribution is -2.46. The average Bonchev–Trinajstić information content (AvgIpc) is 2.50. The van der Waals surface area contributed by atoms with Gasteiger partial charge in [-0.15, -0.1) is 6.58 Å². The molecule has 0 amide bonds. The van der Waals surface area contributed by atoms with Crippen LogP contribution < -0.4 is 4.74 Å². The van der Waals surface area contributed by atoms with Crippen molar-refractivity contribution in [3.05, 3.63) is 41.4 Å². The number of ether oxygens (including phenoxy) is 1. The average molecular weight is 324 g/mol. The van der Waals surface area contributed by atoms with Gasteiger partial charge in [0.2, 0.25) is 0 Å². The number of halogens is 1. The summed E-state index contributed by atoms with van der Waals surface area (Å²) in [6.07, 6.45) is 4.96. The second-order valence-electron chi connectivity index (χ2n) is 6.31. The molecule has 1 aromatic carbocycles. The summed E-state index contributed by atoms with van der Waals surface area (Å²) in [4.78, 5) is 2.37. The Morgan fingerprint density at radius 3 is 3.00 bits per heavy atom. The highest BCUT2D eigenvalue weighted by Gasteiger charge is 2.33. The zero-order valence-electron chi connectivity index (χ0n) is 13.4. The summed E-state index contributed by atoms with van der Waals surface area (Å²) in [5.74, 6) is 0.740. The van der Waals surface area contributed by atoms with E-state index in [4.69, 9.17) is 16.3 Å². The molecule has 0 unspecified atom stereocenters. The molecule has 0 bridgehead atoms. The van der Waals surface area contributed by atoms with E-state index in [0.717, 1.165) is 50.2 Å². The molecule has 1 aromatic rings. The van der Waals surface area contributed by atoms with E-state index in [-0.39, 0.29) is 12.0 Å². The van der Waals surface area contributed by atoms with E-state index in [0.29, 0.717) is 11.6 Å². The van der Waals surface area contributed by atoms with Crippen LogP contribution in [0, 0.1) is 12.3 Å². The van der Waals surface area contributed by atoms with Crippen LogP contribution in [0.4, 0.5) is 0 Å². The molecule has 1 N–H and O–H groups in total. The molecule has 1 saturated heterocycles.